The number of ketones is 1. The fourth-order valence-corrected chi connectivity index (χ4v) is 0.942. The van der Waals surface area contributed by atoms with Gasteiger partial charge in [-0.25, -0.2) is 9.18 Å². The first-order valence-electron chi connectivity index (χ1n) is 3.94. The molecule has 1 aromatic carbocycles. The SMILES string of the molecule is O=C(O)/C=C\C(=O)c1cc(F)ccc1O. The fraction of sp³-hybridized carbons (Fsp3) is 0. The van der Waals surface area contributed by atoms with Crippen molar-refractivity contribution in [1.29, 1.82) is 0 Å². The highest BCUT2D eigenvalue weighted by Crippen LogP contribution is 2.18. The summed E-state index contributed by atoms with van der Waals surface area (Å²) >= 11 is 0. The summed E-state index contributed by atoms with van der Waals surface area (Å²) in [4.78, 5) is 21.4. The zero-order valence-electron chi connectivity index (χ0n) is 7.48. The Labute approximate surface area is 84.3 Å². The van der Waals surface area contributed by atoms with Crippen LogP contribution in [0.3, 0.4) is 0 Å². The average Bonchev–Trinajstić information content (AvgIpc) is 2.18. The molecule has 0 saturated heterocycles. The number of phenolic OH excluding ortho intramolecular Hbond substituents is 1. The molecular weight excluding hydrogens is 203 g/mol. The van der Waals surface area contributed by atoms with Gasteiger partial charge in [-0.2, -0.15) is 0 Å². The number of carboxylic acids is 1. The smallest absolute Gasteiger partial charge is 0.328 e. The summed E-state index contributed by atoms with van der Waals surface area (Å²) in [5, 5.41) is 17.5. The third kappa shape index (κ3) is 2.91. The van der Waals surface area contributed by atoms with Crippen molar-refractivity contribution in [3.05, 3.63) is 41.7 Å². The molecule has 15 heavy (non-hydrogen) atoms. The molecule has 78 valence electrons. The number of hydrogen-bond donors (Lipinski definition) is 2. The first-order valence-corrected chi connectivity index (χ1v) is 3.94. The number of rotatable bonds is 3. The minimum Gasteiger partial charge on any atom is -0.507 e. The summed E-state index contributed by atoms with van der Waals surface area (Å²) in [5.41, 5.74) is -0.271. The second-order valence-corrected chi connectivity index (χ2v) is 2.70. The fourth-order valence-electron chi connectivity index (χ4n) is 0.942. The highest BCUT2D eigenvalue weighted by atomic mass is 19.1. The number of halogens is 1. The Balaban J connectivity index is 3.01. The molecule has 1 rings (SSSR count). The Morgan fingerprint density at radius 3 is 2.53 bits per heavy atom. The van der Waals surface area contributed by atoms with Gasteiger partial charge in [0.15, 0.2) is 5.78 Å². The van der Waals surface area contributed by atoms with Crippen LogP contribution in [0, 0.1) is 5.82 Å². The van der Waals surface area contributed by atoms with Crippen LogP contribution in [0.5, 0.6) is 5.75 Å². The lowest BCUT2D eigenvalue weighted by molar-refractivity contribution is -0.131. The third-order valence-corrected chi connectivity index (χ3v) is 1.60. The van der Waals surface area contributed by atoms with Crippen molar-refractivity contribution in [2.24, 2.45) is 0 Å². The van der Waals surface area contributed by atoms with Gasteiger partial charge in [-0.1, -0.05) is 0 Å². The molecular formula is C10H7FO4. The summed E-state index contributed by atoms with van der Waals surface area (Å²) in [5.74, 6) is -3.13. The number of allylic oxidation sites excluding steroid dienone is 1. The van der Waals surface area contributed by atoms with E-state index in [1.54, 1.807) is 0 Å². The van der Waals surface area contributed by atoms with E-state index in [1.807, 2.05) is 0 Å². The number of aromatic hydroxyl groups is 1. The topological polar surface area (TPSA) is 74.6 Å². The molecule has 0 bridgehead atoms. The largest absolute Gasteiger partial charge is 0.507 e. The van der Waals surface area contributed by atoms with E-state index >= 15 is 0 Å². The van der Waals surface area contributed by atoms with E-state index in [0.717, 1.165) is 24.3 Å². The molecule has 0 aliphatic rings. The van der Waals surface area contributed by atoms with Gasteiger partial charge in [-0.3, -0.25) is 4.79 Å². The monoisotopic (exact) mass is 210 g/mol. The molecule has 0 aliphatic heterocycles. The first kappa shape index (κ1) is 10.9. The van der Waals surface area contributed by atoms with Crippen molar-refractivity contribution in [3.63, 3.8) is 0 Å². The zero-order valence-corrected chi connectivity index (χ0v) is 7.48. The van der Waals surface area contributed by atoms with Crippen LogP contribution in [0.25, 0.3) is 0 Å². The molecule has 2 N–H and O–H groups in total. The van der Waals surface area contributed by atoms with Gasteiger partial charge in [-0.05, 0) is 24.3 Å². The van der Waals surface area contributed by atoms with Gasteiger partial charge in [0.2, 0.25) is 0 Å². The van der Waals surface area contributed by atoms with E-state index in [0.29, 0.717) is 6.08 Å². The molecule has 0 fully saturated rings. The van der Waals surface area contributed by atoms with Crippen LogP contribution in [0.2, 0.25) is 0 Å². The molecule has 0 atom stereocenters. The minimum absolute atomic E-state index is 0.271. The number of carboxylic acid groups (broad SMARTS) is 1. The molecule has 0 saturated carbocycles. The van der Waals surface area contributed by atoms with Crippen LogP contribution in [-0.2, 0) is 4.79 Å². The number of carbonyl (C=O) groups excluding carboxylic acids is 1. The number of hydrogen-bond acceptors (Lipinski definition) is 3. The Morgan fingerprint density at radius 1 is 1.27 bits per heavy atom. The Hall–Kier alpha value is -2.17. The quantitative estimate of drug-likeness (QED) is 0.583. The maximum Gasteiger partial charge on any atom is 0.328 e. The van der Waals surface area contributed by atoms with Crippen molar-refractivity contribution in [2.75, 3.05) is 0 Å². The van der Waals surface area contributed by atoms with Gasteiger partial charge >= 0.3 is 5.97 Å². The minimum atomic E-state index is -1.29. The Morgan fingerprint density at radius 2 is 1.93 bits per heavy atom. The van der Waals surface area contributed by atoms with Crippen molar-refractivity contribution in [1.82, 2.24) is 0 Å². The lowest BCUT2D eigenvalue weighted by Gasteiger charge is -1.99. The number of aliphatic carboxylic acids is 1. The molecule has 5 heteroatoms. The maximum atomic E-state index is 12.7. The van der Waals surface area contributed by atoms with Gasteiger partial charge in [-0.15, -0.1) is 0 Å². The van der Waals surface area contributed by atoms with E-state index in [9.17, 15) is 19.1 Å². The summed E-state index contributed by atoms with van der Waals surface area (Å²) in [6.45, 7) is 0. The normalized spacial score (nSPS) is 10.5. The summed E-state index contributed by atoms with van der Waals surface area (Å²) < 4.78 is 12.7. The Bertz CT molecular complexity index is 437. The molecule has 1 aromatic rings. The molecule has 0 spiro atoms. The van der Waals surface area contributed by atoms with E-state index in [4.69, 9.17) is 5.11 Å². The van der Waals surface area contributed by atoms with Gasteiger partial charge in [0.05, 0.1) is 5.56 Å². The second-order valence-electron chi connectivity index (χ2n) is 2.70. The predicted molar refractivity (Wildman–Crippen MR) is 49.2 cm³/mol. The lowest BCUT2D eigenvalue weighted by Crippen LogP contribution is -1.98. The highest BCUT2D eigenvalue weighted by molar-refractivity contribution is 6.08. The molecule has 0 aromatic heterocycles. The second kappa shape index (κ2) is 4.36. The predicted octanol–water partition coefficient (Wildman–Crippen LogP) is 1.35. The summed E-state index contributed by atoms with van der Waals surface area (Å²) in [6.07, 6.45) is 1.36. The zero-order chi connectivity index (χ0) is 11.4. The van der Waals surface area contributed by atoms with Crippen LogP contribution in [-0.4, -0.2) is 22.0 Å². The van der Waals surface area contributed by atoms with Crippen molar-refractivity contribution < 1.29 is 24.2 Å². The number of phenols is 1. The third-order valence-electron chi connectivity index (χ3n) is 1.60. The molecule has 0 radical (unpaired) electrons. The molecule has 0 aliphatic carbocycles. The van der Waals surface area contributed by atoms with Crippen LogP contribution < -0.4 is 0 Å². The number of carbonyl (C=O) groups is 2. The van der Waals surface area contributed by atoms with Crippen molar-refractivity contribution in [3.8, 4) is 5.75 Å². The maximum absolute atomic E-state index is 12.7. The van der Waals surface area contributed by atoms with Gasteiger partial charge in [0, 0.05) is 6.08 Å². The summed E-state index contributed by atoms with van der Waals surface area (Å²) in [7, 11) is 0. The van der Waals surface area contributed by atoms with Gasteiger partial charge in [0.25, 0.3) is 0 Å². The highest BCUT2D eigenvalue weighted by Gasteiger charge is 2.09. The number of benzene rings is 1. The summed E-state index contributed by atoms with van der Waals surface area (Å²) in [6, 6.07) is 2.86. The first-order chi connectivity index (χ1) is 7.00. The van der Waals surface area contributed by atoms with Gasteiger partial charge < -0.3 is 10.2 Å². The Kier molecular flexibility index (Phi) is 3.17. The van der Waals surface area contributed by atoms with Crippen LogP contribution in [0.1, 0.15) is 10.4 Å². The molecule has 0 amide bonds. The molecule has 4 nitrogen and oxygen atoms in total. The lowest BCUT2D eigenvalue weighted by atomic mass is 10.1. The molecule has 0 unspecified atom stereocenters. The molecule has 0 heterocycles. The van der Waals surface area contributed by atoms with E-state index in [-0.39, 0.29) is 5.56 Å². The van der Waals surface area contributed by atoms with Crippen molar-refractivity contribution >= 4 is 11.8 Å². The average molecular weight is 210 g/mol. The standard InChI is InChI=1S/C10H7FO4/c11-6-1-2-8(12)7(5-6)9(13)3-4-10(14)15/h1-5,12H,(H,14,15)/b4-3-. The van der Waals surface area contributed by atoms with Crippen LogP contribution in [0.15, 0.2) is 30.4 Å². The van der Waals surface area contributed by atoms with E-state index < -0.39 is 23.3 Å². The van der Waals surface area contributed by atoms with Crippen molar-refractivity contribution in [2.45, 2.75) is 0 Å². The van der Waals surface area contributed by atoms with Crippen LogP contribution in [0.4, 0.5) is 4.39 Å². The van der Waals surface area contributed by atoms with Gasteiger partial charge in [0.1, 0.15) is 11.6 Å². The van der Waals surface area contributed by atoms with Crippen LogP contribution >= 0.6 is 0 Å². The van der Waals surface area contributed by atoms with E-state index in [1.165, 1.54) is 0 Å². The van der Waals surface area contributed by atoms with E-state index in [2.05, 4.69) is 0 Å².